The summed E-state index contributed by atoms with van der Waals surface area (Å²) < 4.78 is 5.17. The van der Waals surface area contributed by atoms with Gasteiger partial charge < -0.3 is 20.3 Å². The number of benzene rings is 1. The molecule has 23 heavy (non-hydrogen) atoms. The normalized spacial score (nSPS) is 16.5. The molecule has 1 unspecified atom stereocenters. The van der Waals surface area contributed by atoms with Crippen molar-refractivity contribution in [1.82, 2.24) is 5.32 Å². The molecular formula is C17H23NO5. The highest BCUT2D eigenvalue weighted by atomic mass is 16.5. The van der Waals surface area contributed by atoms with Crippen LogP contribution < -0.4 is 5.32 Å². The fourth-order valence-electron chi connectivity index (χ4n) is 2.80. The number of ether oxygens (including phenoxy) is 1. The number of alkyl carbamates (subject to hydrolysis) is 1. The van der Waals surface area contributed by atoms with Gasteiger partial charge in [-0.05, 0) is 36.5 Å². The zero-order valence-electron chi connectivity index (χ0n) is 13.0. The Morgan fingerprint density at radius 3 is 2.43 bits per heavy atom. The van der Waals surface area contributed by atoms with E-state index >= 15 is 0 Å². The van der Waals surface area contributed by atoms with Gasteiger partial charge in [-0.1, -0.05) is 31.4 Å². The standard InChI is InChI=1S/C17H23NO5/c19-14-8-6-12(7-9-14)10-15(16(20)21)18-17(22)23-11-13-4-2-1-3-5-13/h6-9,13,15,19H,1-5,10-11H2,(H,18,22)(H,20,21). The number of rotatable bonds is 6. The van der Waals surface area contributed by atoms with Gasteiger partial charge in [-0.2, -0.15) is 0 Å². The summed E-state index contributed by atoms with van der Waals surface area (Å²) in [5, 5.41) is 20.9. The molecule has 6 nitrogen and oxygen atoms in total. The Morgan fingerprint density at radius 2 is 1.83 bits per heavy atom. The van der Waals surface area contributed by atoms with Crippen LogP contribution in [-0.4, -0.2) is 34.9 Å². The number of carboxylic acids is 1. The van der Waals surface area contributed by atoms with E-state index in [-0.39, 0.29) is 12.2 Å². The predicted octanol–water partition coefficient (Wildman–Crippen LogP) is 2.69. The monoisotopic (exact) mass is 321 g/mol. The Hall–Kier alpha value is -2.24. The zero-order chi connectivity index (χ0) is 16.7. The van der Waals surface area contributed by atoms with Crippen molar-refractivity contribution in [2.24, 2.45) is 5.92 Å². The van der Waals surface area contributed by atoms with Crippen LogP contribution in [0.5, 0.6) is 5.75 Å². The molecule has 0 heterocycles. The number of phenolic OH excluding ortho intramolecular Hbond substituents is 1. The lowest BCUT2D eigenvalue weighted by atomic mass is 9.90. The zero-order valence-corrected chi connectivity index (χ0v) is 13.0. The van der Waals surface area contributed by atoms with Gasteiger partial charge in [0.1, 0.15) is 11.8 Å². The maximum atomic E-state index is 11.8. The molecule has 1 saturated carbocycles. The van der Waals surface area contributed by atoms with E-state index in [1.807, 2.05) is 0 Å². The average molecular weight is 321 g/mol. The van der Waals surface area contributed by atoms with E-state index in [2.05, 4.69) is 5.32 Å². The molecule has 2 rings (SSSR count). The maximum Gasteiger partial charge on any atom is 0.407 e. The molecule has 1 amide bonds. The fourth-order valence-corrected chi connectivity index (χ4v) is 2.80. The molecule has 1 aromatic carbocycles. The lowest BCUT2D eigenvalue weighted by Crippen LogP contribution is -2.43. The number of carbonyl (C=O) groups excluding carboxylic acids is 1. The molecule has 1 aliphatic rings. The molecule has 1 aromatic rings. The smallest absolute Gasteiger partial charge is 0.407 e. The summed E-state index contributed by atoms with van der Waals surface area (Å²) in [6.07, 6.45) is 5.11. The first-order chi connectivity index (χ1) is 11.0. The fraction of sp³-hybridized carbons (Fsp3) is 0.529. The molecule has 1 fully saturated rings. The van der Waals surface area contributed by atoms with Gasteiger partial charge in [0, 0.05) is 6.42 Å². The van der Waals surface area contributed by atoms with Crippen molar-refractivity contribution < 1.29 is 24.5 Å². The minimum Gasteiger partial charge on any atom is -0.508 e. The van der Waals surface area contributed by atoms with Crippen LogP contribution in [0.15, 0.2) is 24.3 Å². The third kappa shape index (κ3) is 5.81. The van der Waals surface area contributed by atoms with Gasteiger partial charge in [0.25, 0.3) is 0 Å². The topological polar surface area (TPSA) is 95.9 Å². The second kappa shape index (κ2) is 8.41. The maximum absolute atomic E-state index is 11.8. The van der Waals surface area contributed by atoms with Crippen molar-refractivity contribution in [3.8, 4) is 5.75 Å². The van der Waals surface area contributed by atoms with E-state index in [1.165, 1.54) is 18.6 Å². The molecule has 126 valence electrons. The van der Waals surface area contributed by atoms with E-state index < -0.39 is 18.1 Å². The number of hydrogen-bond acceptors (Lipinski definition) is 4. The number of hydrogen-bond donors (Lipinski definition) is 3. The van der Waals surface area contributed by atoms with Crippen molar-refractivity contribution in [2.45, 2.75) is 44.6 Å². The van der Waals surface area contributed by atoms with E-state index in [9.17, 15) is 19.8 Å². The summed E-state index contributed by atoms with van der Waals surface area (Å²) >= 11 is 0. The van der Waals surface area contributed by atoms with Gasteiger partial charge in [0.15, 0.2) is 0 Å². The quantitative estimate of drug-likeness (QED) is 0.748. The Bertz CT molecular complexity index is 522. The summed E-state index contributed by atoms with van der Waals surface area (Å²) in [6, 6.07) is 5.16. The van der Waals surface area contributed by atoms with Crippen molar-refractivity contribution >= 4 is 12.1 Å². The second-order valence-electron chi connectivity index (χ2n) is 6.01. The first-order valence-corrected chi connectivity index (χ1v) is 7.98. The molecule has 0 aliphatic heterocycles. The number of phenols is 1. The Labute approximate surface area is 135 Å². The first-order valence-electron chi connectivity index (χ1n) is 7.98. The van der Waals surface area contributed by atoms with Crippen LogP contribution in [0.25, 0.3) is 0 Å². The number of nitrogens with one attached hydrogen (secondary N) is 1. The molecule has 1 aliphatic carbocycles. The molecule has 0 saturated heterocycles. The van der Waals surface area contributed by atoms with Crippen molar-refractivity contribution in [3.63, 3.8) is 0 Å². The Kier molecular flexibility index (Phi) is 6.26. The van der Waals surface area contributed by atoms with Gasteiger partial charge in [-0.3, -0.25) is 0 Å². The summed E-state index contributed by atoms with van der Waals surface area (Å²) in [5.41, 5.74) is 0.711. The number of carboxylic acid groups (broad SMARTS) is 1. The lowest BCUT2D eigenvalue weighted by molar-refractivity contribution is -0.139. The van der Waals surface area contributed by atoms with Crippen molar-refractivity contribution in [2.75, 3.05) is 6.61 Å². The highest BCUT2D eigenvalue weighted by Crippen LogP contribution is 2.23. The van der Waals surface area contributed by atoms with Crippen LogP contribution in [0, 0.1) is 5.92 Å². The van der Waals surface area contributed by atoms with Crippen molar-refractivity contribution in [1.29, 1.82) is 0 Å². The minimum atomic E-state index is -1.12. The largest absolute Gasteiger partial charge is 0.508 e. The summed E-state index contributed by atoms with van der Waals surface area (Å²) in [5.74, 6) is -0.622. The highest BCUT2D eigenvalue weighted by molar-refractivity contribution is 5.80. The molecule has 0 spiro atoms. The van der Waals surface area contributed by atoms with E-state index in [4.69, 9.17) is 4.74 Å². The minimum absolute atomic E-state index is 0.112. The first kappa shape index (κ1) is 17.1. The molecule has 0 aromatic heterocycles. The van der Waals surface area contributed by atoms with Crippen LogP contribution in [0.3, 0.4) is 0 Å². The molecule has 1 atom stereocenters. The van der Waals surface area contributed by atoms with Crippen LogP contribution >= 0.6 is 0 Å². The Balaban J connectivity index is 1.81. The second-order valence-corrected chi connectivity index (χ2v) is 6.01. The molecule has 3 N–H and O–H groups in total. The van der Waals surface area contributed by atoms with Crippen LogP contribution in [0.4, 0.5) is 4.79 Å². The number of aromatic hydroxyl groups is 1. The van der Waals surface area contributed by atoms with Gasteiger partial charge >= 0.3 is 12.1 Å². The van der Waals surface area contributed by atoms with Crippen LogP contribution in [0.2, 0.25) is 0 Å². The van der Waals surface area contributed by atoms with Gasteiger partial charge in [-0.15, -0.1) is 0 Å². The SMILES string of the molecule is O=C(NC(Cc1ccc(O)cc1)C(=O)O)OCC1CCCCC1. The lowest BCUT2D eigenvalue weighted by Gasteiger charge is -2.22. The summed E-state index contributed by atoms with van der Waals surface area (Å²) in [6.45, 7) is 0.345. The van der Waals surface area contributed by atoms with Crippen LogP contribution in [-0.2, 0) is 16.0 Å². The molecule has 0 radical (unpaired) electrons. The molecule has 0 bridgehead atoms. The summed E-state index contributed by atoms with van der Waals surface area (Å²) in [7, 11) is 0. The summed E-state index contributed by atoms with van der Waals surface area (Å²) in [4.78, 5) is 23.1. The van der Waals surface area contributed by atoms with Gasteiger partial charge in [0.05, 0.1) is 6.61 Å². The van der Waals surface area contributed by atoms with Gasteiger partial charge in [0.2, 0.25) is 0 Å². The van der Waals surface area contributed by atoms with Gasteiger partial charge in [-0.25, -0.2) is 9.59 Å². The molecule has 6 heteroatoms. The number of carbonyl (C=O) groups is 2. The third-order valence-electron chi connectivity index (χ3n) is 4.14. The number of amides is 1. The van der Waals surface area contributed by atoms with E-state index in [0.29, 0.717) is 18.1 Å². The third-order valence-corrected chi connectivity index (χ3v) is 4.14. The highest BCUT2D eigenvalue weighted by Gasteiger charge is 2.22. The molecular weight excluding hydrogens is 298 g/mol. The van der Waals surface area contributed by atoms with E-state index in [1.54, 1.807) is 12.1 Å². The average Bonchev–Trinajstić information content (AvgIpc) is 2.55. The Morgan fingerprint density at radius 1 is 1.17 bits per heavy atom. The van der Waals surface area contributed by atoms with Crippen LogP contribution in [0.1, 0.15) is 37.7 Å². The van der Waals surface area contributed by atoms with Crippen molar-refractivity contribution in [3.05, 3.63) is 29.8 Å². The number of aliphatic carboxylic acids is 1. The van der Waals surface area contributed by atoms with E-state index in [0.717, 1.165) is 25.7 Å². The predicted molar refractivity (Wildman–Crippen MR) is 84.3 cm³/mol.